The molecule has 16 heavy (non-hydrogen) atoms. The maximum absolute atomic E-state index is 11.0. The van der Waals surface area contributed by atoms with Gasteiger partial charge in [-0.3, -0.25) is 4.79 Å². The molecule has 0 unspecified atom stereocenters. The molecule has 9 heteroatoms. The molecule has 94 valence electrons. The predicted molar refractivity (Wildman–Crippen MR) is 55.2 cm³/mol. The van der Waals surface area contributed by atoms with Gasteiger partial charge in [-0.25, -0.2) is 14.9 Å². The topological polar surface area (TPSA) is 114 Å². The monoisotopic (exact) mass is 253 g/mol. The van der Waals surface area contributed by atoms with Gasteiger partial charge in [0.15, 0.2) is 0 Å². The molecule has 0 bridgehead atoms. The summed E-state index contributed by atoms with van der Waals surface area (Å²) < 4.78 is 28.3. The smallest absolute Gasteiger partial charge is 0.423 e. The zero-order valence-electron chi connectivity index (χ0n) is 9.45. The number of hydrogen-bond acceptors (Lipinski definition) is 5. The van der Waals surface area contributed by atoms with E-state index in [1.807, 2.05) is 0 Å². The predicted octanol–water partition coefficient (Wildman–Crippen LogP) is -0.603. The Morgan fingerprint density at radius 1 is 1.19 bits per heavy atom. The van der Waals surface area contributed by atoms with Crippen molar-refractivity contribution in [2.75, 3.05) is 0 Å². The molecular weight excluding hydrogens is 238 g/mol. The highest BCUT2D eigenvalue weighted by Crippen LogP contribution is 2.05. The Kier molecular flexibility index (Phi) is 4.69. The van der Waals surface area contributed by atoms with Crippen LogP contribution in [0.15, 0.2) is 0 Å². The summed E-state index contributed by atoms with van der Waals surface area (Å²) in [5.74, 6) is -0.779. The number of hydrogen-bond donors (Lipinski definition) is 3. The zero-order chi connectivity index (χ0) is 13.0. The van der Waals surface area contributed by atoms with E-state index >= 15 is 0 Å². The highest BCUT2D eigenvalue weighted by Gasteiger charge is 2.18. The summed E-state index contributed by atoms with van der Waals surface area (Å²) in [6.45, 7) is 5.88. The molecule has 3 N–H and O–H groups in total. The number of ether oxygens (including phenoxy) is 1. The molecule has 2 amide bonds. The molecule has 0 aliphatic carbocycles. The fraction of sp³-hybridized carbons (Fsp3) is 0.714. The Labute approximate surface area is 93.9 Å². The summed E-state index contributed by atoms with van der Waals surface area (Å²) in [7, 11) is -4.09. The lowest BCUT2D eigenvalue weighted by Gasteiger charge is -2.19. The van der Waals surface area contributed by atoms with Crippen molar-refractivity contribution in [3.8, 4) is 0 Å². The number of amides is 2. The summed E-state index contributed by atoms with van der Waals surface area (Å²) >= 11 is 0. The summed E-state index contributed by atoms with van der Waals surface area (Å²) in [5, 5.41) is 0. The Bertz CT molecular complexity index is 370. The Morgan fingerprint density at radius 3 is 2.06 bits per heavy atom. The van der Waals surface area contributed by atoms with Gasteiger partial charge in [0.1, 0.15) is 5.60 Å². The van der Waals surface area contributed by atoms with Crippen molar-refractivity contribution in [2.24, 2.45) is 0 Å². The van der Waals surface area contributed by atoms with Gasteiger partial charge in [-0.05, 0) is 20.8 Å². The van der Waals surface area contributed by atoms with Gasteiger partial charge >= 0.3 is 16.3 Å². The van der Waals surface area contributed by atoms with E-state index in [0.717, 1.165) is 6.92 Å². The van der Waals surface area contributed by atoms with E-state index in [4.69, 9.17) is 4.74 Å². The molecule has 8 nitrogen and oxygen atoms in total. The van der Waals surface area contributed by atoms with Crippen molar-refractivity contribution < 1.29 is 22.7 Å². The molecule has 0 atom stereocenters. The third-order valence-electron chi connectivity index (χ3n) is 0.964. The van der Waals surface area contributed by atoms with Crippen molar-refractivity contribution >= 4 is 22.2 Å². The zero-order valence-corrected chi connectivity index (χ0v) is 10.3. The third kappa shape index (κ3) is 8.00. The minimum absolute atomic E-state index is 0.746. The number of hydrazine groups is 1. The summed E-state index contributed by atoms with van der Waals surface area (Å²) in [5.41, 5.74) is 1.02. The van der Waals surface area contributed by atoms with E-state index in [1.165, 1.54) is 0 Å². The first-order valence-electron chi connectivity index (χ1n) is 4.31. The maximum atomic E-state index is 11.0. The molecular formula is C7H15N3O5S. The van der Waals surface area contributed by atoms with Crippen molar-refractivity contribution in [2.45, 2.75) is 33.3 Å². The van der Waals surface area contributed by atoms with E-state index in [1.54, 1.807) is 35.8 Å². The summed E-state index contributed by atoms with van der Waals surface area (Å²) in [6.07, 6.45) is -0.971. The first-order valence-corrected chi connectivity index (χ1v) is 5.79. The van der Waals surface area contributed by atoms with Gasteiger partial charge in [-0.15, -0.1) is 4.83 Å². The SMILES string of the molecule is CC(=O)NS(=O)(=O)NNC(=O)OC(C)(C)C. The first-order chi connectivity index (χ1) is 7.02. The summed E-state index contributed by atoms with van der Waals surface area (Å²) in [4.78, 5) is 23.1. The molecule has 0 aromatic rings. The molecule has 0 saturated heterocycles. The van der Waals surface area contributed by atoms with Crippen LogP contribution >= 0.6 is 0 Å². The van der Waals surface area contributed by atoms with E-state index in [-0.39, 0.29) is 0 Å². The van der Waals surface area contributed by atoms with E-state index in [9.17, 15) is 18.0 Å². The fourth-order valence-electron chi connectivity index (χ4n) is 0.627. The fourth-order valence-corrected chi connectivity index (χ4v) is 1.27. The number of rotatable bonds is 3. The number of carbonyl (C=O) groups is 2. The number of carbonyl (C=O) groups excluding carboxylic acids is 2. The molecule has 0 aliphatic heterocycles. The van der Waals surface area contributed by atoms with Crippen molar-refractivity contribution in [1.82, 2.24) is 15.0 Å². The quantitative estimate of drug-likeness (QED) is 0.581. The van der Waals surface area contributed by atoms with Crippen LogP contribution in [0.25, 0.3) is 0 Å². The van der Waals surface area contributed by atoms with Gasteiger partial charge in [-0.2, -0.15) is 8.42 Å². The van der Waals surface area contributed by atoms with Crippen LogP contribution in [0.2, 0.25) is 0 Å². The largest absolute Gasteiger partial charge is 0.443 e. The molecule has 0 rings (SSSR count). The number of nitrogens with one attached hydrogen (secondary N) is 3. The first kappa shape index (κ1) is 14.6. The van der Waals surface area contributed by atoms with Crippen LogP contribution in [-0.2, 0) is 19.7 Å². The van der Waals surface area contributed by atoms with Gasteiger partial charge in [0.25, 0.3) is 0 Å². The van der Waals surface area contributed by atoms with Crippen LogP contribution in [0.1, 0.15) is 27.7 Å². The van der Waals surface area contributed by atoms with Crippen LogP contribution < -0.4 is 15.0 Å². The molecule has 0 aromatic heterocycles. The normalized spacial score (nSPS) is 11.8. The van der Waals surface area contributed by atoms with Crippen molar-refractivity contribution in [3.05, 3.63) is 0 Å². The molecule has 0 saturated carbocycles. The lowest BCUT2D eigenvalue weighted by Crippen LogP contribution is -2.49. The van der Waals surface area contributed by atoms with Gasteiger partial charge in [0.2, 0.25) is 5.91 Å². The van der Waals surface area contributed by atoms with Gasteiger partial charge in [0, 0.05) is 6.92 Å². The average Bonchev–Trinajstić information content (AvgIpc) is 1.95. The van der Waals surface area contributed by atoms with E-state index in [2.05, 4.69) is 0 Å². The van der Waals surface area contributed by atoms with Crippen LogP contribution in [-0.4, -0.2) is 26.0 Å². The Balaban J connectivity index is 4.16. The Morgan fingerprint density at radius 2 is 1.69 bits per heavy atom. The minimum atomic E-state index is -4.09. The minimum Gasteiger partial charge on any atom is -0.443 e. The highest BCUT2D eigenvalue weighted by atomic mass is 32.2. The second-order valence-corrected chi connectivity index (χ2v) is 5.31. The molecule has 0 spiro atoms. The van der Waals surface area contributed by atoms with Crippen LogP contribution in [0.4, 0.5) is 4.79 Å². The van der Waals surface area contributed by atoms with Gasteiger partial charge < -0.3 is 4.74 Å². The standard InChI is InChI=1S/C7H15N3O5S/c1-5(11)9-16(13,14)10-8-6(12)15-7(2,3)4/h10H,1-4H3,(H,8,12)(H,9,11). The average molecular weight is 253 g/mol. The second kappa shape index (κ2) is 5.12. The molecule has 0 heterocycles. The van der Waals surface area contributed by atoms with Crippen LogP contribution in [0, 0.1) is 0 Å². The lowest BCUT2D eigenvalue weighted by molar-refractivity contribution is -0.117. The van der Waals surface area contributed by atoms with Crippen LogP contribution in [0.3, 0.4) is 0 Å². The van der Waals surface area contributed by atoms with Gasteiger partial charge in [-0.1, -0.05) is 0 Å². The molecule has 0 aromatic carbocycles. The van der Waals surface area contributed by atoms with Crippen molar-refractivity contribution in [3.63, 3.8) is 0 Å². The van der Waals surface area contributed by atoms with Crippen LogP contribution in [0.5, 0.6) is 0 Å². The molecule has 0 fully saturated rings. The van der Waals surface area contributed by atoms with Crippen molar-refractivity contribution in [1.29, 1.82) is 0 Å². The molecule has 0 radical (unpaired) electrons. The van der Waals surface area contributed by atoms with E-state index < -0.39 is 27.8 Å². The van der Waals surface area contributed by atoms with E-state index in [0.29, 0.717) is 0 Å². The highest BCUT2D eigenvalue weighted by molar-refractivity contribution is 7.88. The molecule has 0 aliphatic rings. The lowest BCUT2D eigenvalue weighted by atomic mass is 10.2. The summed E-state index contributed by atoms with van der Waals surface area (Å²) in [6, 6.07) is 0. The third-order valence-corrected chi connectivity index (χ3v) is 1.89. The Hall–Kier alpha value is -1.35. The van der Waals surface area contributed by atoms with Gasteiger partial charge in [0.05, 0.1) is 0 Å². The second-order valence-electron chi connectivity index (χ2n) is 3.89. The maximum Gasteiger partial charge on any atom is 0.423 e.